The largest absolute Gasteiger partial charge is 0.477 e. The fourth-order valence-corrected chi connectivity index (χ4v) is 3.97. The van der Waals surface area contributed by atoms with Crippen molar-refractivity contribution in [1.82, 2.24) is 9.97 Å². The molecule has 0 radical (unpaired) electrons. The van der Waals surface area contributed by atoms with Gasteiger partial charge < -0.3 is 10.2 Å². The lowest BCUT2D eigenvalue weighted by Gasteiger charge is -2.17. The molecule has 6 heteroatoms. The van der Waals surface area contributed by atoms with Crippen LogP contribution in [0, 0.1) is 0 Å². The second-order valence-corrected chi connectivity index (χ2v) is 7.28. The summed E-state index contributed by atoms with van der Waals surface area (Å²) in [5, 5.41) is 20.9. The van der Waals surface area contributed by atoms with Gasteiger partial charge in [0.05, 0.1) is 11.0 Å². The molecule has 0 unspecified atom stereocenters. The zero-order valence-electron chi connectivity index (χ0n) is 16.7. The molecule has 0 aliphatic rings. The monoisotopic (exact) mass is 420 g/mol. The molecule has 0 spiro atoms. The van der Waals surface area contributed by atoms with E-state index in [2.05, 4.69) is 9.97 Å². The second-order valence-electron chi connectivity index (χ2n) is 7.28. The van der Waals surface area contributed by atoms with Gasteiger partial charge in [-0.15, -0.1) is 0 Å². The van der Waals surface area contributed by atoms with E-state index < -0.39 is 11.9 Å². The van der Waals surface area contributed by atoms with Crippen molar-refractivity contribution in [2.75, 3.05) is 0 Å². The molecule has 0 saturated carbocycles. The number of hydrogen-bond donors (Lipinski definition) is 2. The van der Waals surface area contributed by atoms with E-state index in [9.17, 15) is 19.8 Å². The lowest BCUT2D eigenvalue weighted by atomic mass is 9.89. The third kappa shape index (κ3) is 3.15. The van der Waals surface area contributed by atoms with Gasteiger partial charge in [0.2, 0.25) is 0 Å². The Labute approximate surface area is 182 Å². The van der Waals surface area contributed by atoms with Crippen molar-refractivity contribution in [3.63, 3.8) is 0 Å². The molecule has 2 heterocycles. The average molecular weight is 420 g/mol. The summed E-state index contributed by atoms with van der Waals surface area (Å²) in [5.41, 5.74) is 3.23. The maximum Gasteiger partial charge on any atom is 0.355 e. The van der Waals surface area contributed by atoms with Crippen molar-refractivity contribution in [3.05, 3.63) is 96.3 Å². The quantitative estimate of drug-likeness (QED) is 0.372. The highest BCUT2D eigenvalue weighted by Gasteiger charge is 2.23. The molecular weight excluding hydrogens is 404 g/mol. The number of pyridine rings is 2. The molecule has 5 rings (SSSR count). The standard InChI is InChI=1S/C26H16N2O4/c29-25(30)19-14-12-17-11-13-18-20(15-7-3-1-4-8-15)21(16-9-5-2-6-10-16)24(26(31)32)28-23(18)22(17)27-19/h1-14H,(H,29,30)(H,31,32). The summed E-state index contributed by atoms with van der Waals surface area (Å²) >= 11 is 0. The zero-order valence-corrected chi connectivity index (χ0v) is 16.7. The first-order valence-corrected chi connectivity index (χ1v) is 9.89. The molecule has 2 N–H and O–H groups in total. The number of carboxylic acids is 2. The van der Waals surface area contributed by atoms with Gasteiger partial charge in [0.15, 0.2) is 5.69 Å². The number of hydrogen-bond acceptors (Lipinski definition) is 4. The molecule has 0 bridgehead atoms. The summed E-state index contributed by atoms with van der Waals surface area (Å²) < 4.78 is 0. The van der Waals surface area contributed by atoms with Crippen LogP contribution in [0.2, 0.25) is 0 Å². The molecule has 2 aromatic heterocycles. The predicted molar refractivity (Wildman–Crippen MR) is 122 cm³/mol. The maximum atomic E-state index is 12.4. The minimum absolute atomic E-state index is 0.113. The van der Waals surface area contributed by atoms with E-state index in [1.807, 2.05) is 72.8 Å². The highest BCUT2D eigenvalue weighted by Crippen LogP contribution is 2.41. The summed E-state index contributed by atoms with van der Waals surface area (Å²) in [6.45, 7) is 0. The molecule has 5 aromatic rings. The Morgan fingerprint density at radius 1 is 0.594 bits per heavy atom. The molecular formula is C26H16N2O4. The van der Waals surface area contributed by atoms with E-state index in [0.717, 1.165) is 11.1 Å². The number of fused-ring (bicyclic) bond motifs is 3. The van der Waals surface area contributed by atoms with Crippen molar-refractivity contribution >= 4 is 33.7 Å². The molecule has 154 valence electrons. The first-order chi connectivity index (χ1) is 15.5. The first kappa shape index (κ1) is 19.4. The SMILES string of the molecule is O=C(O)c1ccc2ccc3c(-c4ccccc4)c(-c4ccccc4)c(C(=O)O)nc3c2n1. The molecule has 0 aliphatic heterocycles. The van der Waals surface area contributed by atoms with Gasteiger partial charge in [0.1, 0.15) is 5.69 Å². The van der Waals surface area contributed by atoms with Crippen LogP contribution in [0.1, 0.15) is 21.0 Å². The van der Waals surface area contributed by atoms with Gasteiger partial charge in [-0.3, -0.25) is 0 Å². The van der Waals surface area contributed by atoms with Gasteiger partial charge in [-0.1, -0.05) is 78.9 Å². The lowest BCUT2D eigenvalue weighted by Crippen LogP contribution is -2.07. The van der Waals surface area contributed by atoms with Gasteiger partial charge in [0.25, 0.3) is 0 Å². The molecule has 0 atom stereocenters. The Balaban J connectivity index is 2.01. The highest BCUT2D eigenvalue weighted by atomic mass is 16.4. The number of aromatic nitrogens is 2. The van der Waals surface area contributed by atoms with Crippen molar-refractivity contribution in [2.24, 2.45) is 0 Å². The molecule has 6 nitrogen and oxygen atoms in total. The third-order valence-corrected chi connectivity index (χ3v) is 5.36. The summed E-state index contributed by atoms with van der Waals surface area (Å²) in [6.07, 6.45) is 0. The number of benzene rings is 3. The Hall–Kier alpha value is -4.58. The van der Waals surface area contributed by atoms with Crippen LogP contribution in [-0.4, -0.2) is 32.1 Å². The van der Waals surface area contributed by atoms with Crippen LogP contribution in [0.25, 0.3) is 44.1 Å². The highest BCUT2D eigenvalue weighted by molar-refractivity contribution is 6.15. The van der Waals surface area contributed by atoms with Gasteiger partial charge in [-0.25, -0.2) is 19.6 Å². The molecule has 0 fully saturated rings. The number of carbonyl (C=O) groups is 2. The lowest BCUT2D eigenvalue weighted by molar-refractivity contribution is 0.0680. The van der Waals surface area contributed by atoms with Crippen LogP contribution in [0.15, 0.2) is 84.9 Å². The molecule has 0 aliphatic carbocycles. The fraction of sp³-hybridized carbons (Fsp3) is 0. The van der Waals surface area contributed by atoms with E-state index in [0.29, 0.717) is 32.9 Å². The van der Waals surface area contributed by atoms with E-state index in [1.165, 1.54) is 6.07 Å². The summed E-state index contributed by atoms with van der Waals surface area (Å²) in [6, 6.07) is 25.6. The van der Waals surface area contributed by atoms with Gasteiger partial charge in [-0.2, -0.15) is 0 Å². The van der Waals surface area contributed by atoms with Crippen molar-refractivity contribution in [3.8, 4) is 22.3 Å². The fourth-order valence-electron chi connectivity index (χ4n) is 3.97. The Morgan fingerprint density at radius 3 is 1.78 bits per heavy atom. The number of carboxylic acid groups (broad SMARTS) is 2. The third-order valence-electron chi connectivity index (χ3n) is 5.36. The number of aromatic carboxylic acids is 2. The second kappa shape index (κ2) is 7.59. The summed E-state index contributed by atoms with van der Waals surface area (Å²) in [7, 11) is 0. The van der Waals surface area contributed by atoms with Crippen molar-refractivity contribution in [2.45, 2.75) is 0 Å². The van der Waals surface area contributed by atoms with Gasteiger partial charge >= 0.3 is 11.9 Å². The minimum Gasteiger partial charge on any atom is -0.477 e. The number of rotatable bonds is 4. The molecule has 0 saturated heterocycles. The molecule has 32 heavy (non-hydrogen) atoms. The Morgan fingerprint density at radius 2 is 1.19 bits per heavy atom. The smallest absolute Gasteiger partial charge is 0.355 e. The Kier molecular flexibility index (Phi) is 4.60. The van der Waals surface area contributed by atoms with E-state index >= 15 is 0 Å². The van der Waals surface area contributed by atoms with Crippen LogP contribution in [0.5, 0.6) is 0 Å². The maximum absolute atomic E-state index is 12.4. The van der Waals surface area contributed by atoms with E-state index in [4.69, 9.17) is 0 Å². The minimum atomic E-state index is -1.17. The molecule has 3 aromatic carbocycles. The van der Waals surface area contributed by atoms with Crippen LogP contribution >= 0.6 is 0 Å². The molecule has 0 amide bonds. The normalized spacial score (nSPS) is 11.0. The Bertz CT molecular complexity index is 1510. The van der Waals surface area contributed by atoms with E-state index in [1.54, 1.807) is 6.07 Å². The van der Waals surface area contributed by atoms with Crippen molar-refractivity contribution < 1.29 is 19.8 Å². The van der Waals surface area contributed by atoms with Crippen LogP contribution in [-0.2, 0) is 0 Å². The van der Waals surface area contributed by atoms with Crippen LogP contribution < -0.4 is 0 Å². The van der Waals surface area contributed by atoms with Gasteiger partial charge in [-0.05, 0) is 17.2 Å². The van der Waals surface area contributed by atoms with Crippen molar-refractivity contribution in [1.29, 1.82) is 0 Å². The van der Waals surface area contributed by atoms with Crippen LogP contribution in [0.3, 0.4) is 0 Å². The predicted octanol–water partition coefficient (Wildman–Crippen LogP) is 5.51. The first-order valence-electron chi connectivity index (χ1n) is 9.89. The summed E-state index contributed by atoms with van der Waals surface area (Å²) in [4.78, 5) is 32.7. The zero-order chi connectivity index (χ0) is 22.2. The van der Waals surface area contributed by atoms with Gasteiger partial charge in [0, 0.05) is 21.9 Å². The topological polar surface area (TPSA) is 100 Å². The van der Waals surface area contributed by atoms with Crippen LogP contribution in [0.4, 0.5) is 0 Å². The summed E-state index contributed by atoms with van der Waals surface area (Å²) in [5.74, 6) is -2.33. The van der Waals surface area contributed by atoms with E-state index in [-0.39, 0.29) is 11.4 Å². The average Bonchev–Trinajstić information content (AvgIpc) is 2.83. The number of nitrogens with zero attached hydrogens (tertiary/aromatic N) is 2.